The molecule has 3 rings (SSSR count). The number of hydrogen-bond donors (Lipinski definition) is 2. The second kappa shape index (κ2) is 10.0. The van der Waals surface area contributed by atoms with E-state index in [1.165, 1.54) is 16.3 Å². The molecule has 0 aliphatic rings. The van der Waals surface area contributed by atoms with E-state index in [0.717, 1.165) is 21.7 Å². The van der Waals surface area contributed by atoms with Gasteiger partial charge in [0.15, 0.2) is 0 Å². The highest BCUT2D eigenvalue weighted by Gasteiger charge is 2.09. The molecule has 7 heteroatoms. The van der Waals surface area contributed by atoms with Crippen molar-refractivity contribution >= 4 is 61.8 Å². The van der Waals surface area contributed by atoms with Crippen LogP contribution in [0.3, 0.4) is 0 Å². The maximum atomic E-state index is 11.9. The fraction of sp³-hybridized carbons (Fsp3) is 0.190. The number of benzene rings is 3. The van der Waals surface area contributed by atoms with E-state index in [0.29, 0.717) is 17.3 Å². The number of amides is 2. The number of urea groups is 1. The number of halogens is 2. The minimum Gasteiger partial charge on any atom is -0.496 e. The fourth-order valence-corrected chi connectivity index (χ4v) is 4.20. The first-order chi connectivity index (χ1) is 13.6. The van der Waals surface area contributed by atoms with E-state index in [1.54, 1.807) is 43.1 Å². The lowest BCUT2D eigenvalue weighted by atomic mass is 10.0. The number of methoxy groups -OCH3 is 1. The van der Waals surface area contributed by atoms with Crippen molar-refractivity contribution in [2.45, 2.75) is 5.75 Å². The van der Waals surface area contributed by atoms with Crippen LogP contribution >= 0.6 is 39.3 Å². The normalized spacial score (nSPS) is 10.7. The first kappa shape index (κ1) is 20.8. The van der Waals surface area contributed by atoms with Crippen LogP contribution < -0.4 is 15.4 Å². The fourth-order valence-electron chi connectivity index (χ4n) is 2.80. The quantitative estimate of drug-likeness (QED) is 0.390. The summed E-state index contributed by atoms with van der Waals surface area (Å²) in [5.41, 5.74) is 1.88. The third-order valence-corrected chi connectivity index (χ3v) is 5.88. The predicted molar refractivity (Wildman–Crippen MR) is 123 cm³/mol. The van der Waals surface area contributed by atoms with Gasteiger partial charge in [-0.3, -0.25) is 0 Å². The van der Waals surface area contributed by atoms with Gasteiger partial charge in [-0.1, -0.05) is 39.7 Å². The molecule has 2 amide bonds. The minimum atomic E-state index is -0.226. The zero-order valence-corrected chi connectivity index (χ0v) is 18.5. The van der Waals surface area contributed by atoms with Crippen LogP contribution in [0.15, 0.2) is 59.1 Å². The summed E-state index contributed by atoms with van der Waals surface area (Å²) in [5, 5.41) is 8.64. The Balaban J connectivity index is 1.51. The molecule has 0 spiro atoms. The van der Waals surface area contributed by atoms with Crippen molar-refractivity contribution in [3.05, 3.63) is 69.7 Å². The van der Waals surface area contributed by atoms with Crippen molar-refractivity contribution in [2.24, 2.45) is 0 Å². The number of fused-ring (bicyclic) bond motifs is 1. The zero-order chi connectivity index (χ0) is 19.9. The summed E-state index contributed by atoms with van der Waals surface area (Å²) in [6.45, 7) is 0.572. The monoisotopic (exact) mass is 478 g/mol. The van der Waals surface area contributed by atoms with E-state index in [2.05, 4.69) is 44.8 Å². The molecule has 0 heterocycles. The van der Waals surface area contributed by atoms with Crippen LogP contribution in [0.4, 0.5) is 10.5 Å². The van der Waals surface area contributed by atoms with Crippen LogP contribution in [0.25, 0.3) is 10.8 Å². The molecule has 0 unspecified atom stereocenters. The number of carbonyl (C=O) groups is 1. The summed E-state index contributed by atoms with van der Waals surface area (Å²) in [6, 6.07) is 17.1. The van der Waals surface area contributed by atoms with Crippen molar-refractivity contribution in [1.29, 1.82) is 0 Å². The first-order valence-corrected chi connectivity index (χ1v) is 11.0. The summed E-state index contributed by atoms with van der Waals surface area (Å²) in [7, 11) is 1.69. The Hall–Kier alpha value is -1.89. The number of rotatable bonds is 7. The van der Waals surface area contributed by atoms with Gasteiger partial charge in [-0.15, -0.1) is 0 Å². The third kappa shape index (κ3) is 5.56. The summed E-state index contributed by atoms with van der Waals surface area (Å²) >= 11 is 11.1. The second-order valence-corrected chi connectivity index (χ2v) is 8.51. The van der Waals surface area contributed by atoms with Crippen LogP contribution in [0, 0.1) is 0 Å². The highest BCUT2D eigenvalue weighted by Crippen LogP contribution is 2.32. The average molecular weight is 480 g/mol. The maximum Gasteiger partial charge on any atom is 0.319 e. The van der Waals surface area contributed by atoms with Gasteiger partial charge in [-0.05, 0) is 53.2 Å². The third-order valence-electron chi connectivity index (χ3n) is 4.15. The van der Waals surface area contributed by atoms with Gasteiger partial charge in [0.1, 0.15) is 5.75 Å². The Bertz CT molecular complexity index is 967. The standard InChI is InChI=1S/C21H20BrClN2O2S/c1-27-20-9-2-14-12-15(22)3-8-18(14)19(20)13-28-11-10-24-21(26)25-17-6-4-16(23)5-7-17/h2-9,12H,10-11,13H2,1H3,(H2,24,25,26). The van der Waals surface area contributed by atoms with Gasteiger partial charge in [0.05, 0.1) is 7.11 Å². The number of hydrogen-bond acceptors (Lipinski definition) is 3. The van der Waals surface area contributed by atoms with E-state index in [1.807, 2.05) is 12.1 Å². The summed E-state index contributed by atoms with van der Waals surface area (Å²) in [6.07, 6.45) is 0. The minimum absolute atomic E-state index is 0.226. The lowest BCUT2D eigenvalue weighted by Crippen LogP contribution is -2.30. The van der Waals surface area contributed by atoms with Crippen molar-refractivity contribution in [1.82, 2.24) is 5.32 Å². The molecule has 146 valence electrons. The van der Waals surface area contributed by atoms with Crippen LogP contribution in [0.2, 0.25) is 5.02 Å². The lowest BCUT2D eigenvalue weighted by molar-refractivity contribution is 0.252. The van der Waals surface area contributed by atoms with Gasteiger partial charge in [-0.2, -0.15) is 11.8 Å². The number of thioether (sulfide) groups is 1. The number of nitrogens with one attached hydrogen (secondary N) is 2. The summed E-state index contributed by atoms with van der Waals surface area (Å²) < 4.78 is 6.59. The zero-order valence-electron chi connectivity index (χ0n) is 15.3. The molecule has 0 aromatic heterocycles. The van der Waals surface area contributed by atoms with Crippen molar-refractivity contribution < 1.29 is 9.53 Å². The number of ether oxygens (including phenoxy) is 1. The Kier molecular flexibility index (Phi) is 7.48. The lowest BCUT2D eigenvalue weighted by Gasteiger charge is -2.13. The van der Waals surface area contributed by atoms with Crippen LogP contribution in [0.5, 0.6) is 5.75 Å². The van der Waals surface area contributed by atoms with Crippen molar-refractivity contribution in [3.8, 4) is 5.75 Å². The maximum absolute atomic E-state index is 11.9. The van der Waals surface area contributed by atoms with Crippen molar-refractivity contribution in [2.75, 3.05) is 24.7 Å². The SMILES string of the molecule is COc1ccc2cc(Br)ccc2c1CSCCNC(=O)Nc1ccc(Cl)cc1. The van der Waals surface area contributed by atoms with E-state index in [-0.39, 0.29) is 6.03 Å². The first-order valence-electron chi connectivity index (χ1n) is 8.70. The highest BCUT2D eigenvalue weighted by atomic mass is 79.9. The summed E-state index contributed by atoms with van der Waals surface area (Å²) in [5.74, 6) is 2.49. The van der Waals surface area contributed by atoms with Gasteiger partial charge in [0, 0.05) is 38.8 Å². The average Bonchev–Trinajstić information content (AvgIpc) is 2.69. The largest absolute Gasteiger partial charge is 0.496 e. The molecule has 3 aromatic carbocycles. The van der Waals surface area contributed by atoms with E-state index < -0.39 is 0 Å². The van der Waals surface area contributed by atoms with E-state index in [4.69, 9.17) is 16.3 Å². The molecule has 0 radical (unpaired) electrons. The molecule has 0 saturated carbocycles. The Morgan fingerprint density at radius 3 is 2.68 bits per heavy atom. The van der Waals surface area contributed by atoms with Crippen LogP contribution in [0.1, 0.15) is 5.56 Å². The molecule has 0 aliphatic carbocycles. The smallest absolute Gasteiger partial charge is 0.319 e. The molecule has 0 saturated heterocycles. The van der Waals surface area contributed by atoms with E-state index in [9.17, 15) is 4.79 Å². The van der Waals surface area contributed by atoms with Crippen LogP contribution in [-0.2, 0) is 5.75 Å². The molecule has 4 nitrogen and oxygen atoms in total. The van der Waals surface area contributed by atoms with Gasteiger partial charge in [0.2, 0.25) is 0 Å². The Morgan fingerprint density at radius 2 is 1.93 bits per heavy atom. The topological polar surface area (TPSA) is 50.4 Å². The molecular weight excluding hydrogens is 460 g/mol. The van der Waals surface area contributed by atoms with Crippen LogP contribution in [-0.4, -0.2) is 25.4 Å². The number of anilines is 1. The number of carbonyl (C=O) groups excluding carboxylic acids is 1. The van der Waals surface area contributed by atoms with Gasteiger partial charge in [-0.25, -0.2) is 4.79 Å². The highest BCUT2D eigenvalue weighted by molar-refractivity contribution is 9.10. The second-order valence-electron chi connectivity index (χ2n) is 6.05. The molecule has 28 heavy (non-hydrogen) atoms. The van der Waals surface area contributed by atoms with Crippen molar-refractivity contribution in [3.63, 3.8) is 0 Å². The molecule has 2 N–H and O–H groups in total. The Morgan fingerprint density at radius 1 is 1.14 bits per heavy atom. The Labute approximate surface area is 182 Å². The molecule has 0 aliphatic heterocycles. The van der Waals surface area contributed by atoms with Gasteiger partial charge >= 0.3 is 6.03 Å². The molecule has 0 fully saturated rings. The molecule has 0 bridgehead atoms. The van der Waals surface area contributed by atoms with Gasteiger partial charge in [0.25, 0.3) is 0 Å². The summed E-state index contributed by atoms with van der Waals surface area (Å²) in [4.78, 5) is 11.9. The van der Waals surface area contributed by atoms with E-state index >= 15 is 0 Å². The van der Waals surface area contributed by atoms with Gasteiger partial charge < -0.3 is 15.4 Å². The molecular formula is C21H20BrClN2O2S. The molecule has 0 atom stereocenters. The molecule has 3 aromatic rings. The predicted octanol–water partition coefficient (Wildman–Crippen LogP) is 6.32.